The zero-order chi connectivity index (χ0) is 14.8. The highest BCUT2D eigenvalue weighted by molar-refractivity contribution is 4.77. The fourth-order valence-corrected chi connectivity index (χ4v) is 3.04. The lowest BCUT2D eigenvalue weighted by atomic mass is 10.2. The Bertz CT molecular complexity index is 203. The van der Waals surface area contributed by atoms with Crippen LogP contribution < -0.4 is 0 Å². The van der Waals surface area contributed by atoms with Crippen molar-refractivity contribution >= 4 is 0 Å². The van der Waals surface area contributed by atoms with Gasteiger partial charge < -0.3 is 4.90 Å². The molecule has 0 N–H and O–H groups in total. The topological polar surface area (TPSA) is 6.48 Å². The SMILES string of the molecule is CC.CC(C)N1CCCC1C.CCN1CCC(C)C1. The lowest BCUT2D eigenvalue weighted by molar-refractivity contribution is 0.216. The lowest BCUT2D eigenvalue weighted by Crippen LogP contribution is -2.33. The molecule has 0 aromatic heterocycles. The van der Waals surface area contributed by atoms with Gasteiger partial charge in [0.25, 0.3) is 0 Å². The highest BCUT2D eigenvalue weighted by Gasteiger charge is 2.21. The monoisotopic (exact) mass is 270 g/mol. The average molecular weight is 271 g/mol. The highest BCUT2D eigenvalue weighted by Crippen LogP contribution is 2.18. The largest absolute Gasteiger partial charge is 0.303 e. The molecule has 0 aliphatic carbocycles. The van der Waals surface area contributed by atoms with Gasteiger partial charge in [0.2, 0.25) is 0 Å². The third-order valence-electron chi connectivity index (χ3n) is 4.22. The van der Waals surface area contributed by atoms with Gasteiger partial charge in [-0.2, -0.15) is 0 Å². The lowest BCUT2D eigenvalue weighted by Gasteiger charge is -2.24. The molecule has 2 rings (SSSR count). The second kappa shape index (κ2) is 10.7. The van der Waals surface area contributed by atoms with E-state index in [0.717, 1.165) is 18.0 Å². The molecular formula is C17H38N2. The Morgan fingerprint density at radius 2 is 1.68 bits per heavy atom. The normalized spacial score (nSPS) is 27.8. The van der Waals surface area contributed by atoms with E-state index in [9.17, 15) is 0 Å². The van der Waals surface area contributed by atoms with E-state index in [2.05, 4.69) is 44.4 Å². The Balaban J connectivity index is 0.000000303. The summed E-state index contributed by atoms with van der Waals surface area (Å²) < 4.78 is 0. The van der Waals surface area contributed by atoms with Gasteiger partial charge in [-0.3, -0.25) is 4.90 Å². The van der Waals surface area contributed by atoms with Gasteiger partial charge >= 0.3 is 0 Å². The van der Waals surface area contributed by atoms with Crippen molar-refractivity contribution < 1.29 is 0 Å². The van der Waals surface area contributed by atoms with Crippen molar-refractivity contribution in [2.75, 3.05) is 26.2 Å². The summed E-state index contributed by atoms with van der Waals surface area (Å²) in [5.74, 6) is 0.954. The van der Waals surface area contributed by atoms with E-state index in [1.54, 1.807) is 0 Å². The molecule has 2 aliphatic rings. The standard InChI is InChI=1S/C8H17N.C7H15N.C2H6/c1-7(2)9-6-4-5-8(9)3;1-3-8-5-4-7(2)6-8;1-2/h7-8H,4-6H2,1-3H3;7H,3-6H2,1-2H3;1-2H3. The van der Waals surface area contributed by atoms with E-state index in [0.29, 0.717) is 0 Å². The zero-order valence-electron chi connectivity index (χ0n) is 14.6. The summed E-state index contributed by atoms with van der Waals surface area (Å²) in [4.78, 5) is 5.07. The summed E-state index contributed by atoms with van der Waals surface area (Å²) in [6.45, 7) is 20.7. The van der Waals surface area contributed by atoms with Crippen LogP contribution in [0.25, 0.3) is 0 Å². The Hall–Kier alpha value is -0.0800. The second-order valence-electron chi connectivity index (χ2n) is 6.11. The molecule has 2 saturated heterocycles. The van der Waals surface area contributed by atoms with Crippen LogP contribution in [0, 0.1) is 5.92 Å². The van der Waals surface area contributed by atoms with Gasteiger partial charge in [0.15, 0.2) is 0 Å². The minimum atomic E-state index is 0.752. The van der Waals surface area contributed by atoms with Crippen LogP contribution in [-0.2, 0) is 0 Å². The summed E-state index contributed by atoms with van der Waals surface area (Å²) in [7, 11) is 0. The number of hydrogen-bond donors (Lipinski definition) is 0. The molecule has 116 valence electrons. The second-order valence-corrected chi connectivity index (χ2v) is 6.11. The number of likely N-dealkylation sites (tertiary alicyclic amines) is 2. The van der Waals surface area contributed by atoms with E-state index in [-0.39, 0.29) is 0 Å². The molecule has 0 aromatic rings. The summed E-state index contributed by atoms with van der Waals surface area (Å²) >= 11 is 0. The first-order chi connectivity index (χ1) is 9.04. The van der Waals surface area contributed by atoms with E-state index in [1.165, 1.54) is 45.4 Å². The number of hydrogen-bond acceptors (Lipinski definition) is 2. The van der Waals surface area contributed by atoms with Gasteiger partial charge in [-0.25, -0.2) is 0 Å². The van der Waals surface area contributed by atoms with E-state index < -0.39 is 0 Å². The molecule has 2 nitrogen and oxygen atoms in total. The molecule has 2 atom stereocenters. The molecule has 0 spiro atoms. The smallest absolute Gasteiger partial charge is 0.00701 e. The number of rotatable bonds is 2. The van der Waals surface area contributed by atoms with Crippen molar-refractivity contribution in [3.05, 3.63) is 0 Å². The fourth-order valence-electron chi connectivity index (χ4n) is 3.04. The summed E-state index contributed by atoms with van der Waals surface area (Å²) in [5, 5.41) is 0. The maximum atomic E-state index is 2.57. The van der Waals surface area contributed by atoms with E-state index >= 15 is 0 Å². The summed E-state index contributed by atoms with van der Waals surface area (Å²) in [6.07, 6.45) is 4.21. The van der Waals surface area contributed by atoms with Crippen LogP contribution in [0.5, 0.6) is 0 Å². The third kappa shape index (κ3) is 7.31. The molecule has 0 radical (unpaired) electrons. The van der Waals surface area contributed by atoms with Crippen molar-refractivity contribution in [3.8, 4) is 0 Å². The van der Waals surface area contributed by atoms with Gasteiger partial charge in [0, 0.05) is 18.6 Å². The first-order valence-corrected chi connectivity index (χ1v) is 8.52. The third-order valence-corrected chi connectivity index (χ3v) is 4.22. The van der Waals surface area contributed by atoms with Crippen LogP contribution in [0.3, 0.4) is 0 Å². The van der Waals surface area contributed by atoms with E-state index in [1.807, 2.05) is 13.8 Å². The maximum Gasteiger partial charge on any atom is 0.00701 e. The maximum absolute atomic E-state index is 2.57. The van der Waals surface area contributed by atoms with Crippen molar-refractivity contribution in [1.29, 1.82) is 0 Å². The van der Waals surface area contributed by atoms with E-state index in [4.69, 9.17) is 0 Å². The van der Waals surface area contributed by atoms with Crippen LogP contribution in [0.2, 0.25) is 0 Å². The van der Waals surface area contributed by atoms with Crippen molar-refractivity contribution in [2.45, 2.75) is 79.8 Å². The first kappa shape index (κ1) is 18.9. The Morgan fingerprint density at radius 1 is 1.05 bits per heavy atom. The molecule has 0 saturated carbocycles. The van der Waals surface area contributed by atoms with Gasteiger partial charge in [-0.15, -0.1) is 0 Å². The van der Waals surface area contributed by atoms with Crippen LogP contribution in [0.1, 0.15) is 67.7 Å². The van der Waals surface area contributed by atoms with Gasteiger partial charge in [0.1, 0.15) is 0 Å². The van der Waals surface area contributed by atoms with Crippen molar-refractivity contribution in [1.82, 2.24) is 9.80 Å². The predicted octanol–water partition coefficient (Wildman–Crippen LogP) is 4.25. The predicted molar refractivity (Wildman–Crippen MR) is 87.8 cm³/mol. The van der Waals surface area contributed by atoms with Crippen LogP contribution in [-0.4, -0.2) is 48.1 Å². The minimum Gasteiger partial charge on any atom is -0.303 e. The zero-order valence-corrected chi connectivity index (χ0v) is 14.6. The van der Waals surface area contributed by atoms with Gasteiger partial charge in [0.05, 0.1) is 0 Å². The first-order valence-electron chi connectivity index (χ1n) is 8.52. The van der Waals surface area contributed by atoms with Gasteiger partial charge in [-0.1, -0.05) is 27.7 Å². The summed E-state index contributed by atoms with van der Waals surface area (Å²) in [6, 6.07) is 1.59. The molecule has 0 aromatic carbocycles. The molecular weight excluding hydrogens is 232 g/mol. The molecule has 0 amide bonds. The summed E-state index contributed by atoms with van der Waals surface area (Å²) in [5.41, 5.74) is 0. The molecule has 2 heteroatoms. The van der Waals surface area contributed by atoms with Gasteiger partial charge in [-0.05, 0) is 65.6 Å². The molecule has 2 heterocycles. The average Bonchev–Trinajstić information content (AvgIpc) is 3.01. The Labute approximate surface area is 122 Å². The number of nitrogens with zero attached hydrogens (tertiary/aromatic N) is 2. The fraction of sp³-hybridized carbons (Fsp3) is 1.00. The van der Waals surface area contributed by atoms with Crippen LogP contribution >= 0.6 is 0 Å². The molecule has 2 fully saturated rings. The highest BCUT2D eigenvalue weighted by atomic mass is 15.2. The minimum absolute atomic E-state index is 0.752. The molecule has 2 aliphatic heterocycles. The Kier molecular flexibility index (Phi) is 10.6. The van der Waals surface area contributed by atoms with Crippen molar-refractivity contribution in [3.63, 3.8) is 0 Å². The molecule has 19 heavy (non-hydrogen) atoms. The Morgan fingerprint density at radius 3 is 1.89 bits per heavy atom. The van der Waals surface area contributed by atoms with Crippen LogP contribution in [0.4, 0.5) is 0 Å². The molecule has 0 bridgehead atoms. The van der Waals surface area contributed by atoms with Crippen molar-refractivity contribution in [2.24, 2.45) is 5.92 Å². The molecule has 2 unspecified atom stereocenters. The quantitative estimate of drug-likeness (QED) is 0.740. The van der Waals surface area contributed by atoms with Crippen LogP contribution in [0.15, 0.2) is 0 Å².